The third-order valence-electron chi connectivity index (χ3n) is 1.81. The minimum absolute atomic E-state index is 0.154. The Bertz CT molecular complexity index is 366. The van der Waals surface area contributed by atoms with Crippen LogP contribution in [0.4, 0.5) is 0 Å². The van der Waals surface area contributed by atoms with E-state index >= 15 is 0 Å². The molecule has 0 aromatic heterocycles. The summed E-state index contributed by atoms with van der Waals surface area (Å²) in [6.07, 6.45) is 0. The van der Waals surface area contributed by atoms with E-state index in [4.69, 9.17) is 4.74 Å². The first-order valence-electron chi connectivity index (χ1n) is 3.95. The minimum atomic E-state index is -4.18. The van der Waals surface area contributed by atoms with Crippen LogP contribution in [0.15, 0.2) is 24.3 Å². The van der Waals surface area contributed by atoms with Crippen LogP contribution in [0, 0.1) is 0 Å². The van der Waals surface area contributed by atoms with Gasteiger partial charge in [-0.3, -0.25) is 0 Å². The van der Waals surface area contributed by atoms with Crippen LogP contribution in [0.3, 0.4) is 0 Å². The molecule has 3 N–H and O–H groups in total. The van der Waals surface area contributed by atoms with Crippen LogP contribution in [-0.2, 0) is 23.5 Å². The predicted molar refractivity (Wildman–Crippen MR) is 52.0 cm³/mol. The molecular formula is C8H11NO5S+. The van der Waals surface area contributed by atoms with E-state index in [-0.39, 0.29) is 5.56 Å². The van der Waals surface area contributed by atoms with Gasteiger partial charge in [0.05, 0.1) is 11.7 Å². The Morgan fingerprint density at radius 3 is 2.33 bits per heavy atom. The molecule has 0 bridgehead atoms. The lowest BCUT2D eigenvalue weighted by molar-refractivity contribution is 0.176. The van der Waals surface area contributed by atoms with Crippen LogP contribution in [0.1, 0.15) is 11.0 Å². The third-order valence-corrected chi connectivity index (χ3v) is 2.90. The SMILES string of the molecule is COc1ccc(C(O)[S+]([O])(=O)ON)cc1. The van der Waals surface area contributed by atoms with Gasteiger partial charge in [0.2, 0.25) is 0 Å². The van der Waals surface area contributed by atoms with Crippen LogP contribution in [0.25, 0.3) is 0 Å². The van der Waals surface area contributed by atoms with Gasteiger partial charge < -0.3 is 9.84 Å². The summed E-state index contributed by atoms with van der Waals surface area (Å²) in [5.41, 5.74) is -1.64. The molecule has 15 heavy (non-hydrogen) atoms. The summed E-state index contributed by atoms with van der Waals surface area (Å²) in [6, 6.07) is 5.84. The highest BCUT2D eigenvalue weighted by molar-refractivity contribution is 7.92. The molecule has 0 heterocycles. The summed E-state index contributed by atoms with van der Waals surface area (Å²) in [5.74, 6) is 5.08. The fourth-order valence-electron chi connectivity index (χ4n) is 0.988. The summed E-state index contributed by atoms with van der Waals surface area (Å²) in [4.78, 5) is 0. The van der Waals surface area contributed by atoms with Gasteiger partial charge in [0.15, 0.2) is 0 Å². The topological polar surface area (TPSA) is 102 Å². The Labute approximate surface area is 88.0 Å². The monoisotopic (exact) mass is 233 g/mol. The fourth-order valence-corrected chi connectivity index (χ4v) is 1.58. The first kappa shape index (κ1) is 12.1. The number of hydrogen-bond donors (Lipinski definition) is 2. The zero-order chi connectivity index (χ0) is 11.5. The average Bonchev–Trinajstić information content (AvgIpc) is 2.28. The molecule has 0 amide bonds. The molecule has 0 aliphatic rings. The lowest BCUT2D eigenvalue weighted by Crippen LogP contribution is -2.24. The standard InChI is InChI=1S/C8H11NO5S/c1-13-7-4-2-6(3-5-7)8(10)15(11,12)14-9/h2-5,8,10H,9H2,1H3/q+1. The highest BCUT2D eigenvalue weighted by Crippen LogP contribution is 2.26. The third kappa shape index (κ3) is 2.74. The summed E-state index contributed by atoms with van der Waals surface area (Å²) in [6.45, 7) is 0. The number of hydrogen-bond acceptors (Lipinski definition) is 5. The smallest absolute Gasteiger partial charge is 0.447 e. The van der Waals surface area contributed by atoms with Gasteiger partial charge in [-0.25, -0.2) is 0 Å². The van der Waals surface area contributed by atoms with Crippen LogP contribution < -0.4 is 10.6 Å². The van der Waals surface area contributed by atoms with Crippen molar-refractivity contribution in [3.05, 3.63) is 29.8 Å². The maximum absolute atomic E-state index is 11.0. The van der Waals surface area contributed by atoms with Gasteiger partial charge in [0, 0.05) is 5.56 Å². The number of nitrogens with two attached hydrogens (primary N) is 1. The second-order valence-corrected chi connectivity index (χ2v) is 4.34. The molecule has 2 unspecified atom stereocenters. The van der Waals surface area contributed by atoms with Crippen molar-refractivity contribution in [1.29, 1.82) is 0 Å². The highest BCUT2D eigenvalue weighted by atomic mass is 32.3. The number of aliphatic hydroxyl groups is 1. The van der Waals surface area contributed by atoms with E-state index in [0.717, 1.165) is 0 Å². The van der Waals surface area contributed by atoms with E-state index in [1.165, 1.54) is 31.4 Å². The maximum atomic E-state index is 11.0. The van der Waals surface area contributed by atoms with Crippen molar-refractivity contribution in [3.8, 4) is 5.75 Å². The van der Waals surface area contributed by atoms with Crippen LogP contribution >= 0.6 is 0 Å². The van der Waals surface area contributed by atoms with Crippen LogP contribution in [-0.4, -0.2) is 12.2 Å². The van der Waals surface area contributed by atoms with Crippen molar-refractivity contribution in [1.82, 2.24) is 0 Å². The lowest BCUT2D eigenvalue weighted by atomic mass is 10.2. The van der Waals surface area contributed by atoms with Crippen molar-refractivity contribution in [2.45, 2.75) is 5.44 Å². The van der Waals surface area contributed by atoms with Gasteiger partial charge in [-0.05, 0) is 32.8 Å². The predicted octanol–water partition coefficient (Wildman–Crippen LogP) is 0.336. The first-order valence-corrected chi connectivity index (χ1v) is 5.42. The summed E-state index contributed by atoms with van der Waals surface area (Å²) in [7, 11) is -2.70. The molecule has 83 valence electrons. The molecule has 0 saturated heterocycles. The van der Waals surface area contributed by atoms with Gasteiger partial charge in [0.1, 0.15) is 5.75 Å². The molecular weight excluding hydrogens is 222 g/mol. The number of benzene rings is 1. The fraction of sp³-hybridized carbons (Fsp3) is 0.250. The summed E-state index contributed by atoms with van der Waals surface area (Å²) < 4.78 is 30.6. The molecule has 1 aromatic carbocycles. The number of rotatable bonds is 4. The van der Waals surface area contributed by atoms with Crippen LogP contribution in [0.2, 0.25) is 0 Å². The average molecular weight is 233 g/mol. The molecule has 0 saturated carbocycles. The van der Waals surface area contributed by atoms with E-state index in [1.54, 1.807) is 0 Å². The van der Waals surface area contributed by atoms with Gasteiger partial charge in [-0.2, -0.15) is 5.90 Å². The molecule has 2 atom stereocenters. The van der Waals surface area contributed by atoms with Crippen molar-refractivity contribution < 1.29 is 22.9 Å². The van der Waals surface area contributed by atoms with Crippen molar-refractivity contribution >= 4 is 10.5 Å². The van der Waals surface area contributed by atoms with Gasteiger partial charge in [-0.15, -0.1) is 0 Å². The minimum Gasteiger partial charge on any atom is -0.497 e. The lowest BCUT2D eigenvalue weighted by Gasteiger charge is -2.06. The molecule has 1 aromatic rings. The molecule has 7 heteroatoms. The summed E-state index contributed by atoms with van der Waals surface area (Å²) in [5, 5.41) is 9.38. The maximum Gasteiger partial charge on any atom is 0.447 e. The Balaban J connectivity index is 2.92. The number of ether oxygens (including phenoxy) is 1. The Morgan fingerprint density at radius 2 is 1.93 bits per heavy atom. The van der Waals surface area contributed by atoms with E-state index in [1.807, 2.05) is 0 Å². The zero-order valence-electron chi connectivity index (χ0n) is 7.95. The molecule has 1 radical (unpaired) electrons. The second kappa shape index (κ2) is 4.69. The van der Waals surface area contributed by atoms with Gasteiger partial charge >= 0.3 is 15.9 Å². The largest absolute Gasteiger partial charge is 0.497 e. The normalized spacial score (nSPS) is 16.8. The molecule has 0 spiro atoms. The quantitative estimate of drug-likeness (QED) is 0.576. The zero-order valence-corrected chi connectivity index (χ0v) is 8.77. The Kier molecular flexibility index (Phi) is 3.77. The summed E-state index contributed by atoms with van der Waals surface area (Å²) >= 11 is 0. The van der Waals surface area contributed by atoms with Crippen molar-refractivity contribution in [2.75, 3.05) is 7.11 Å². The van der Waals surface area contributed by atoms with Gasteiger partial charge in [0.25, 0.3) is 0 Å². The molecule has 0 aliphatic heterocycles. The first-order chi connectivity index (χ1) is 7.01. The molecule has 0 fully saturated rings. The Hall–Kier alpha value is -0.990. The molecule has 0 aliphatic carbocycles. The van der Waals surface area contributed by atoms with Crippen molar-refractivity contribution in [3.63, 3.8) is 0 Å². The number of methoxy groups -OCH3 is 1. The number of aliphatic hydroxyl groups excluding tert-OH is 1. The van der Waals surface area contributed by atoms with E-state index < -0.39 is 15.9 Å². The molecule has 6 nitrogen and oxygen atoms in total. The van der Waals surface area contributed by atoms with Crippen LogP contribution in [0.5, 0.6) is 5.75 Å². The van der Waals surface area contributed by atoms with Gasteiger partial charge in [-0.1, -0.05) is 0 Å². The van der Waals surface area contributed by atoms with E-state index in [2.05, 4.69) is 10.2 Å². The molecule has 1 rings (SSSR count). The van der Waals surface area contributed by atoms with Crippen molar-refractivity contribution in [2.24, 2.45) is 5.90 Å². The van der Waals surface area contributed by atoms with E-state index in [9.17, 15) is 13.9 Å². The second-order valence-electron chi connectivity index (χ2n) is 2.71. The highest BCUT2D eigenvalue weighted by Gasteiger charge is 2.42. The van der Waals surface area contributed by atoms with E-state index in [0.29, 0.717) is 5.75 Å². The Morgan fingerprint density at radius 1 is 1.40 bits per heavy atom.